The van der Waals surface area contributed by atoms with Gasteiger partial charge in [0.2, 0.25) is 0 Å². The molecule has 0 saturated heterocycles. The van der Waals surface area contributed by atoms with E-state index in [9.17, 15) is 31.2 Å². The molecule has 0 spiro atoms. The van der Waals surface area contributed by atoms with Gasteiger partial charge in [-0.1, -0.05) is 0 Å². The van der Waals surface area contributed by atoms with Gasteiger partial charge in [-0.15, -0.1) is 11.3 Å². The zero-order valence-corrected chi connectivity index (χ0v) is 11.8. The zero-order valence-electron chi connectivity index (χ0n) is 10.2. The summed E-state index contributed by atoms with van der Waals surface area (Å²) < 4.78 is 59.6. The monoisotopic (exact) mass is 343 g/mol. The van der Waals surface area contributed by atoms with Crippen molar-refractivity contribution >= 4 is 38.1 Å². The number of aromatic carboxylic acids is 1. The number of thiophene rings is 1. The van der Waals surface area contributed by atoms with Gasteiger partial charge in [-0.25, -0.2) is 13.2 Å². The van der Waals surface area contributed by atoms with Crippen LogP contribution in [0.15, 0.2) is 0 Å². The van der Waals surface area contributed by atoms with Crippen LogP contribution < -0.4 is 5.32 Å². The summed E-state index contributed by atoms with van der Waals surface area (Å²) in [4.78, 5) is 22.2. The lowest BCUT2D eigenvalue weighted by Gasteiger charge is -2.12. The number of carbonyl (C=O) groups excluding carboxylic acids is 1. The van der Waals surface area contributed by atoms with E-state index < -0.39 is 44.2 Å². The summed E-state index contributed by atoms with van der Waals surface area (Å²) in [5, 5.41) is 10.1. The molecule has 0 aliphatic carbocycles. The Morgan fingerprint density at radius 1 is 1.29 bits per heavy atom. The molecular weight excluding hydrogens is 335 g/mol. The summed E-state index contributed by atoms with van der Waals surface area (Å²) >= 11 is 0.545. The lowest BCUT2D eigenvalue weighted by molar-refractivity contribution is -0.167. The van der Waals surface area contributed by atoms with Crippen molar-refractivity contribution < 1.29 is 36.3 Å². The molecule has 0 saturated carbocycles. The molecule has 2 N–H and O–H groups in total. The molecule has 1 aliphatic heterocycles. The van der Waals surface area contributed by atoms with Crippen LogP contribution in [0.25, 0.3) is 0 Å². The fourth-order valence-electron chi connectivity index (χ4n) is 1.91. The second kappa shape index (κ2) is 4.98. The van der Waals surface area contributed by atoms with Crippen LogP contribution in [0.1, 0.15) is 20.8 Å². The van der Waals surface area contributed by atoms with E-state index in [0.29, 0.717) is 11.3 Å². The number of carboxylic acids is 1. The molecule has 0 radical (unpaired) electrons. The lowest BCUT2D eigenvalue weighted by atomic mass is 10.1. The number of sulfone groups is 1. The summed E-state index contributed by atoms with van der Waals surface area (Å²) in [6.07, 6.45) is -5.26. The first-order chi connectivity index (χ1) is 9.51. The molecule has 0 unspecified atom stereocenters. The van der Waals surface area contributed by atoms with Gasteiger partial charge in [-0.3, -0.25) is 4.79 Å². The van der Waals surface area contributed by atoms with Crippen molar-refractivity contribution in [2.75, 3.05) is 11.1 Å². The van der Waals surface area contributed by atoms with Crippen LogP contribution >= 0.6 is 11.3 Å². The van der Waals surface area contributed by atoms with Crippen LogP contribution in [0.3, 0.4) is 0 Å². The SMILES string of the molecule is O=C(O)c1c(NC(=O)C(F)(F)F)sc2c1CCS(=O)(=O)C2. The zero-order chi connectivity index (χ0) is 16.0. The van der Waals surface area contributed by atoms with Crippen LogP contribution in [0.2, 0.25) is 0 Å². The first kappa shape index (κ1) is 15.8. The molecule has 1 aromatic rings. The predicted octanol–water partition coefficient (Wildman–Crippen LogP) is 1.42. The molecule has 1 aromatic heterocycles. The number of anilines is 1. The van der Waals surface area contributed by atoms with Gasteiger partial charge in [0.1, 0.15) is 5.00 Å². The lowest BCUT2D eigenvalue weighted by Crippen LogP contribution is -2.30. The third kappa shape index (κ3) is 3.18. The number of hydrogen-bond acceptors (Lipinski definition) is 5. The van der Waals surface area contributed by atoms with Gasteiger partial charge in [0, 0.05) is 4.88 Å². The number of alkyl halides is 3. The highest BCUT2D eigenvalue weighted by molar-refractivity contribution is 7.90. The topological polar surface area (TPSA) is 101 Å². The molecule has 0 fully saturated rings. The summed E-state index contributed by atoms with van der Waals surface area (Å²) in [5.41, 5.74) is -0.303. The molecule has 11 heteroatoms. The largest absolute Gasteiger partial charge is 0.478 e. The first-order valence-electron chi connectivity index (χ1n) is 5.47. The van der Waals surface area contributed by atoms with Crippen molar-refractivity contribution in [2.45, 2.75) is 18.3 Å². The summed E-state index contributed by atoms with van der Waals surface area (Å²) in [6.45, 7) is 0. The minimum absolute atomic E-state index is 0.0995. The number of fused-ring (bicyclic) bond motifs is 1. The van der Waals surface area contributed by atoms with Gasteiger partial charge >= 0.3 is 18.1 Å². The second-order valence-corrected chi connectivity index (χ2v) is 7.60. The van der Waals surface area contributed by atoms with E-state index in [4.69, 9.17) is 5.11 Å². The van der Waals surface area contributed by atoms with E-state index >= 15 is 0 Å². The van der Waals surface area contributed by atoms with Crippen molar-refractivity contribution in [1.82, 2.24) is 0 Å². The number of nitrogens with one attached hydrogen (secondary N) is 1. The normalized spacial score (nSPS) is 17.1. The highest BCUT2D eigenvalue weighted by atomic mass is 32.2. The minimum Gasteiger partial charge on any atom is -0.478 e. The fraction of sp³-hybridized carbons (Fsp3) is 0.400. The Labute approximate surface area is 120 Å². The Hall–Kier alpha value is -1.62. The Morgan fingerprint density at radius 3 is 2.43 bits per heavy atom. The van der Waals surface area contributed by atoms with Crippen molar-refractivity contribution in [1.29, 1.82) is 0 Å². The highest BCUT2D eigenvalue weighted by Gasteiger charge is 2.40. The predicted molar refractivity (Wildman–Crippen MR) is 67.2 cm³/mol. The fourth-order valence-corrected chi connectivity index (χ4v) is 4.95. The summed E-state index contributed by atoms with van der Waals surface area (Å²) in [7, 11) is -3.40. The maximum Gasteiger partial charge on any atom is 0.471 e. The summed E-state index contributed by atoms with van der Waals surface area (Å²) in [6, 6.07) is 0. The van der Waals surface area contributed by atoms with E-state index in [-0.39, 0.29) is 22.6 Å². The average Bonchev–Trinajstić information content (AvgIpc) is 2.63. The molecule has 6 nitrogen and oxygen atoms in total. The van der Waals surface area contributed by atoms with Crippen LogP contribution in [0, 0.1) is 0 Å². The maximum atomic E-state index is 12.2. The number of carboxylic acid groups (broad SMARTS) is 1. The van der Waals surface area contributed by atoms with E-state index in [1.165, 1.54) is 5.32 Å². The number of halogens is 3. The van der Waals surface area contributed by atoms with Crippen LogP contribution in [0.4, 0.5) is 18.2 Å². The Morgan fingerprint density at radius 2 is 1.90 bits per heavy atom. The van der Waals surface area contributed by atoms with E-state index in [0.717, 1.165) is 0 Å². The number of rotatable bonds is 2. The second-order valence-electron chi connectivity index (χ2n) is 4.31. The maximum absolute atomic E-state index is 12.2. The molecular formula is C10H8F3NO5S2. The van der Waals surface area contributed by atoms with E-state index in [2.05, 4.69) is 0 Å². The number of hydrogen-bond donors (Lipinski definition) is 2. The Kier molecular flexibility index (Phi) is 3.74. The molecule has 116 valence electrons. The van der Waals surface area contributed by atoms with Crippen molar-refractivity contribution in [3.8, 4) is 0 Å². The molecule has 0 aromatic carbocycles. The molecule has 2 heterocycles. The quantitative estimate of drug-likeness (QED) is 0.846. The van der Waals surface area contributed by atoms with Gasteiger partial charge in [0.25, 0.3) is 0 Å². The number of amides is 1. The smallest absolute Gasteiger partial charge is 0.471 e. The molecule has 2 rings (SSSR count). The third-order valence-electron chi connectivity index (χ3n) is 2.80. The third-order valence-corrected chi connectivity index (χ3v) is 5.69. The molecule has 0 bridgehead atoms. The average molecular weight is 343 g/mol. The van der Waals surface area contributed by atoms with Crippen molar-refractivity contribution in [3.63, 3.8) is 0 Å². The number of carbonyl (C=O) groups is 2. The standard InChI is InChI=1S/C10H8F3NO5S2/c11-10(12,13)9(17)14-7-6(8(15)16)4-1-2-21(18,19)3-5(4)20-7/h1-3H2,(H,14,17)(H,15,16). The molecule has 21 heavy (non-hydrogen) atoms. The van der Waals surface area contributed by atoms with Crippen molar-refractivity contribution in [2.24, 2.45) is 0 Å². The van der Waals surface area contributed by atoms with E-state index in [1.54, 1.807) is 0 Å². The minimum atomic E-state index is -5.16. The van der Waals surface area contributed by atoms with Gasteiger partial charge in [0.05, 0.1) is 17.1 Å². The molecule has 0 atom stereocenters. The van der Waals surface area contributed by atoms with Crippen LogP contribution in [-0.4, -0.2) is 37.3 Å². The highest BCUT2D eigenvalue weighted by Crippen LogP contribution is 2.38. The molecule has 1 amide bonds. The summed E-state index contributed by atoms with van der Waals surface area (Å²) in [5.74, 6) is -4.52. The van der Waals surface area contributed by atoms with Gasteiger partial charge in [0.15, 0.2) is 9.84 Å². The van der Waals surface area contributed by atoms with Gasteiger partial charge in [-0.05, 0) is 12.0 Å². The first-order valence-corrected chi connectivity index (χ1v) is 8.11. The Bertz CT molecular complexity index is 720. The van der Waals surface area contributed by atoms with Crippen LogP contribution in [0.5, 0.6) is 0 Å². The van der Waals surface area contributed by atoms with E-state index in [1.807, 2.05) is 0 Å². The van der Waals surface area contributed by atoms with Gasteiger partial charge in [-0.2, -0.15) is 13.2 Å². The molecule has 1 aliphatic rings. The van der Waals surface area contributed by atoms with Crippen molar-refractivity contribution in [3.05, 3.63) is 16.0 Å². The van der Waals surface area contributed by atoms with Gasteiger partial charge < -0.3 is 10.4 Å². The van der Waals surface area contributed by atoms with Crippen LogP contribution in [-0.2, 0) is 26.8 Å². The Balaban J connectivity index is 2.46.